The van der Waals surface area contributed by atoms with Crippen LogP contribution in [0.25, 0.3) is 0 Å². The Morgan fingerprint density at radius 1 is 1.48 bits per heavy atom. The van der Waals surface area contributed by atoms with Crippen LogP contribution in [0.15, 0.2) is 29.2 Å². The summed E-state index contributed by atoms with van der Waals surface area (Å²) in [5.41, 5.74) is 6.95. The van der Waals surface area contributed by atoms with Crippen LogP contribution in [0.1, 0.15) is 26.2 Å². The van der Waals surface area contributed by atoms with Crippen molar-refractivity contribution < 1.29 is 4.79 Å². The molecule has 116 valence electrons. The van der Waals surface area contributed by atoms with Crippen LogP contribution < -0.4 is 11.1 Å². The van der Waals surface area contributed by atoms with Gasteiger partial charge in [0, 0.05) is 17.0 Å². The van der Waals surface area contributed by atoms with Crippen LogP contribution in [0.2, 0.25) is 0 Å². The van der Waals surface area contributed by atoms with Crippen LogP contribution in [0.5, 0.6) is 0 Å². The summed E-state index contributed by atoms with van der Waals surface area (Å²) in [5.74, 6) is 0.0454. The molecule has 0 spiro atoms. The largest absolute Gasteiger partial charge is 0.327 e. The average Bonchev–Trinajstić information content (AvgIpc) is 2.48. The molecule has 0 saturated carbocycles. The predicted molar refractivity (Wildman–Crippen MR) is 89.7 cm³/mol. The maximum atomic E-state index is 12.3. The minimum Gasteiger partial charge on any atom is -0.327 e. The Bertz CT molecular complexity index is 478. The normalized spacial score (nSPS) is 21.0. The number of carbonyl (C=O) groups excluding carboxylic acids is 1. The number of hydrogen-bond donors (Lipinski definition) is 2. The summed E-state index contributed by atoms with van der Waals surface area (Å²) in [6, 6.07) is 8.32. The maximum Gasteiger partial charge on any atom is 0.238 e. The number of amides is 1. The molecule has 2 rings (SSSR count). The van der Waals surface area contributed by atoms with Crippen molar-refractivity contribution in [1.82, 2.24) is 4.90 Å². The molecule has 3 N–H and O–H groups in total. The van der Waals surface area contributed by atoms with Gasteiger partial charge in [-0.3, -0.25) is 9.69 Å². The molecular formula is C16H25N3OS. The molecule has 1 saturated heterocycles. The fourth-order valence-corrected chi connectivity index (χ4v) is 3.48. The number of carbonyl (C=O) groups is 1. The van der Waals surface area contributed by atoms with Crippen molar-refractivity contribution in [3.05, 3.63) is 24.3 Å². The molecule has 5 heteroatoms. The molecule has 1 aromatic rings. The van der Waals surface area contributed by atoms with Gasteiger partial charge in [-0.25, -0.2) is 0 Å². The molecule has 2 unspecified atom stereocenters. The van der Waals surface area contributed by atoms with Gasteiger partial charge in [-0.05, 0) is 44.7 Å². The van der Waals surface area contributed by atoms with Crippen molar-refractivity contribution in [3.63, 3.8) is 0 Å². The van der Waals surface area contributed by atoms with Gasteiger partial charge in [-0.1, -0.05) is 18.6 Å². The van der Waals surface area contributed by atoms with E-state index in [9.17, 15) is 4.79 Å². The van der Waals surface area contributed by atoms with Crippen LogP contribution in [0, 0.1) is 0 Å². The summed E-state index contributed by atoms with van der Waals surface area (Å²) >= 11 is 1.64. The van der Waals surface area contributed by atoms with Gasteiger partial charge in [0.05, 0.1) is 12.2 Å². The molecule has 0 radical (unpaired) electrons. The van der Waals surface area contributed by atoms with E-state index >= 15 is 0 Å². The zero-order chi connectivity index (χ0) is 15.2. The molecule has 0 aromatic heterocycles. The molecule has 4 nitrogen and oxygen atoms in total. The highest BCUT2D eigenvalue weighted by atomic mass is 32.2. The molecule has 1 heterocycles. The zero-order valence-corrected chi connectivity index (χ0v) is 13.7. The summed E-state index contributed by atoms with van der Waals surface area (Å²) in [4.78, 5) is 15.6. The molecule has 21 heavy (non-hydrogen) atoms. The average molecular weight is 307 g/mol. The number of anilines is 1. The number of nitrogens with two attached hydrogens (primary N) is 1. The summed E-state index contributed by atoms with van der Waals surface area (Å²) in [5, 5.41) is 3.03. The van der Waals surface area contributed by atoms with E-state index in [2.05, 4.69) is 10.2 Å². The van der Waals surface area contributed by atoms with E-state index in [1.807, 2.05) is 37.4 Å². The van der Waals surface area contributed by atoms with Crippen molar-refractivity contribution in [2.24, 2.45) is 5.73 Å². The highest BCUT2D eigenvalue weighted by Gasteiger charge is 2.26. The van der Waals surface area contributed by atoms with Crippen LogP contribution in [-0.4, -0.2) is 42.2 Å². The van der Waals surface area contributed by atoms with E-state index in [-0.39, 0.29) is 11.9 Å². The van der Waals surface area contributed by atoms with E-state index in [0.717, 1.165) is 30.0 Å². The van der Waals surface area contributed by atoms with Crippen LogP contribution in [-0.2, 0) is 4.79 Å². The molecule has 1 amide bonds. The lowest BCUT2D eigenvalue weighted by molar-refractivity contribution is -0.118. The molecule has 0 aliphatic carbocycles. The first-order valence-corrected chi connectivity index (χ1v) is 8.77. The van der Waals surface area contributed by atoms with Gasteiger partial charge in [0.15, 0.2) is 0 Å². The van der Waals surface area contributed by atoms with Crippen molar-refractivity contribution in [1.29, 1.82) is 0 Å². The number of para-hydroxylation sites is 1. The molecule has 2 atom stereocenters. The number of piperidine rings is 1. The second-order valence-corrected chi connectivity index (χ2v) is 6.49. The van der Waals surface area contributed by atoms with Gasteiger partial charge >= 0.3 is 0 Å². The number of likely N-dealkylation sites (tertiary alicyclic amines) is 1. The van der Waals surface area contributed by atoms with Crippen LogP contribution in [0.4, 0.5) is 5.69 Å². The Hall–Kier alpha value is -1.04. The van der Waals surface area contributed by atoms with Gasteiger partial charge < -0.3 is 11.1 Å². The fraction of sp³-hybridized carbons (Fsp3) is 0.562. The van der Waals surface area contributed by atoms with Gasteiger partial charge in [0.2, 0.25) is 5.91 Å². The van der Waals surface area contributed by atoms with E-state index in [1.54, 1.807) is 11.8 Å². The Kier molecular flexibility index (Phi) is 6.08. The monoisotopic (exact) mass is 307 g/mol. The summed E-state index contributed by atoms with van der Waals surface area (Å²) in [6.45, 7) is 3.42. The molecule has 1 aliphatic heterocycles. The van der Waals surface area contributed by atoms with Crippen molar-refractivity contribution in [3.8, 4) is 0 Å². The number of hydrogen-bond acceptors (Lipinski definition) is 4. The topological polar surface area (TPSA) is 58.4 Å². The SMILES string of the molecule is CSc1ccccc1NC(=O)CN1CCCCC1C(C)N. The lowest BCUT2D eigenvalue weighted by Gasteiger charge is -2.37. The van der Waals surface area contributed by atoms with Crippen molar-refractivity contribution in [2.75, 3.05) is 24.7 Å². The summed E-state index contributed by atoms with van der Waals surface area (Å²) < 4.78 is 0. The Labute approximate surface area is 131 Å². The highest BCUT2D eigenvalue weighted by molar-refractivity contribution is 7.98. The third-order valence-corrected chi connectivity index (χ3v) is 4.79. The standard InChI is InChI=1S/C16H25N3OS/c1-12(17)14-8-5-6-10-19(14)11-16(20)18-13-7-3-4-9-15(13)21-2/h3-4,7,9,12,14H,5-6,8,10-11,17H2,1-2H3,(H,18,20). The number of nitrogens with one attached hydrogen (secondary N) is 1. The van der Waals surface area contributed by atoms with Gasteiger partial charge in [-0.2, -0.15) is 0 Å². The van der Waals surface area contributed by atoms with Gasteiger partial charge in [-0.15, -0.1) is 11.8 Å². The van der Waals surface area contributed by atoms with Crippen LogP contribution in [0.3, 0.4) is 0 Å². The Morgan fingerprint density at radius 3 is 2.95 bits per heavy atom. The van der Waals surface area contributed by atoms with Crippen molar-refractivity contribution in [2.45, 2.75) is 43.2 Å². The second kappa shape index (κ2) is 7.82. The summed E-state index contributed by atoms with van der Waals surface area (Å²) in [6.07, 6.45) is 5.46. The summed E-state index contributed by atoms with van der Waals surface area (Å²) in [7, 11) is 0. The molecular weight excluding hydrogens is 282 g/mol. The lowest BCUT2D eigenvalue weighted by Crippen LogP contribution is -2.51. The highest BCUT2D eigenvalue weighted by Crippen LogP contribution is 2.25. The van der Waals surface area contributed by atoms with Gasteiger partial charge in [0.25, 0.3) is 0 Å². The number of rotatable bonds is 5. The predicted octanol–water partition coefficient (Wildman–Crippen LogP) is 2.55. The molecule has 1 aliphatic rings. The van der Waals surface area contributed by atoms with E-state index in [4.69, 9.17) is 5.73 Å². The van der Waals surface area contributed by atoms with Crippen molar-refractivity contribution >= 4 is 23.4 Å². The first-order valence-electron chi connectivity index (χ1n) is 7.54. The minimum atomic E-state index is 0.0454. The first-order chi connectivity index (χ1) is 10.1. The zero-order valence-electron chi connectivity index (χ0n) is 12.8. The molecule has 1 aromatic carbocycles. The Balaban J connectivity index is 1.97. The third-order valence-electron chi connectivity index (χ3n) is 4.00. The molecule has 1 fully saturated rings. The van der Waals surface area contributed by atoms with E-state index < -0.39 is 0 Å². The second-order valence-electron chi connectivity index (χ2n) is 5.64. The van der Waals surface area contributed by atoms with Gasteiger partial charge in [0.1, 0.15) is 0 Å². The smallest absolute Gasteiger partial charge is 0.238 e. The number of benzene rings is 1. The Morgan fingerprint density at radius 2 is 2.24 bits per heavy atom. The maximum absolute atomic E-state index is 12.3. The fourth-order valence-electron chi connectivity index (χ4n) is 2.93. The third kappa shape index (κ3) is 4.46. The van der Waals surface area contributed by atoms with E-state index in [1.165, 1.54) is 6.42 Å². The molecule has 0 bridgehead atoms. The number of nitrogens with zero attached hydrogens (tertiary/aromatic N) is 1. The lowest BCUT2D eigenvalue weighted by atomic mass is 9.97. The minimum absolute atomic E-state index is 0.0454. The number of thioether (sulfide) groups is 1. The first kappa shape index (κ1) is 16.3. The quantitative estimate of drug-likeness (QED) is 0.821. The van der Waals surface area contributed by atoms with E-state index in [0.29, 0.717) is 12.6 Å². The van der Waals surface area contributed by atoms with Crippen LogP contribution >= 0.6 is 11.8 Å².